The number of carbonyl (C=O) groups is 1. The van der Waals surface area contributed by atoms with Gasteiger partial charge in [-0.3, -0.25) is 9.78 Å². The van der Waals surface area contributed by atoms with Gasteiger partial charge in [0.05, 0.1) is 0 Å². The average Bonchev–Trinajstić information content (AvgIpc) is 2.46. The van der Waals surface area contributed by atoms with Crippen molar-refractivity contribution in [2.24, 2.45) is 0 Å². The van der Waals surface area contributed by atoms with Crippen LogP contribution in [0.25, 0.3) is 0 Å². The zero-order valence-electron chi connectivity index (χ0n) is 10.00. The number of pyridine rings is 1. The highest BCUT2D eigenvalue weighted by Crippen LogP contribution is 2.15. The standard InChI is InChI=1S/C14H13NO3/c1-17-10-18-13-4-2-11(3-5-13)14(16)12-6-8-15-9-7-12/h2-9H,10H2,1H3. The van der Waals surface area contributed by atoms with Gasteiger partial charge < -0.3 is 9.47 Å². The molecule has 0 fully saturated rings. The van der Waals surface area contributed by atoms with Gasteiger partial charge in [0, 0.05) is 30.6 Å². The number of carbonyl (C=O) groups excluding carboxylic acids is 1. The van der Waals surface area contributed by atoms with Crippen LogP contribution in [0.2, 0.25) is 0 Å². The highest BCUT2D eigenvalue weighted by molar-refractivity contribution is 6.08. The number of hydrogen-bond acceptors (Lipinski definition) is 4. The van der Waals surface area contributed by atoms with E-state index in [0.29, 0.717) is 16.9 Å². The summed E-state index contributed by atoms with van der Waals surface area (Å²) < 4.78 is 10.0. The topological polar surface area (TPSA) is 48.4 Å². The number of nitrogens with zero attached hydrogens (tertiary/aromatic N) is 1. The first kappa shape index (κ1) is 12.3. The number of ether oxygens (including phenoxy) is 2. The zero-order chi connectivity index (χ0) is 12.8. The van der Waals surface area contributed by atoms with Crippen molar-refractivity contribution in [3.05, 3.63) is 59.9 Å². The van der Waals surface area contributed by atoms with Gasteiger partial charge in [-0.05, 0) is 36.4 Å². The third-order valence-corrected chi connectivity index (χ3v) is 2.40. The lowest BCUT2D eigenvalue weighted by Gasteiger charge is -2.05. The summed E-state index contributed by atoms with van der Waals surface area (Å²) in [5.74, 6) is 0.638. The van der Waals surface area contributed by atoms with Crippen molar-refractivity contribution in [3.8, 4) is 5.75 Å². The van der Waals surface area contributed by atoms with E-state index in [1.165, 1.54) is 0 Å². The molecule has 0 saturated carbocycles. The summed E-state index contributed by atoms with van der Waals surface area (Å²) in [5.41, 5.74) is 1.24. The molecule has 0 radical (unpaired) electrons. The molecule has 0 aliphatic rings. The van der Waals surface area contributed by atoms with Crippen molar-refractivity contribution in [1.29, 1.82) is 0 Å². The van der Waals surface area contributed by atoms with Gasteiger partial charge in [0.15, 0.2) is 12.6 Å². The Morgan fingerprint density at radius 2 is 1.67 bits per heavy atom. The fraction of sp³-hybridized carbons (Fsp3) is 0.143. The Balaban J connectivity index is 2.12. The summed E-state index contributed by atoms with van der Waals surface area (Å²) in [4.78, 5) is 16.0. The Morgan fingerprint density at radius 1 is 1.06 bits per heavy atom. The maximum absolute atomic E-state index is 12.1. The molecule has 1 aromatic carbocycles. The minimum atomic E-state index is -0.0318. The van der Waals surface area contributed by atoms with Crippen molar-refractivity contribution in [3.63, 3.8) is 0 Å². The van der Waals surface area contributed by atoms with E-state index in [2.05, 4.69) is 4.98 Å². The van der Waals surface area contributed by atoms with Gasteiger partial charge in [0.25, 0.3) is 0 Å². The predicted octanol–water partition coefficient (Wildman–Crippen LogP) is 2.30. The largest absolute Gasteiger partial charge is 0.468 e. The summed E-state index contributed by atoms with van der Waals surface area (Å²) in [5, 5.41) is 0. The maximum atomic E-state index is 12.1. The third kappa shape index (κ3) is 2.93. The molecule has 0 aliphatic heterocycles. The van der Waals surface area contributed by atoms with E-state index in [1.807, 2.05) is 0 Å². The molecular formula is C14H13NO3. The summed E-state index contributed by atoms with van der Waals surface area (Å²) in [7, 11) is 1.56. The van der Waals surface area contributed by atoms with E-state index in [0.717, 1.165) is 0 Å². The lowest BCUT2D eigenvalue weighted by molar-refractivity contribution is 0.0511. The predicted molar refractivity (Wildman–Crippen MR) is 66.6 cm³/mol. The number of aromatic nitrogens is 1. The van der Waals surface area contributed by atoms with Gasteiger partial charge in [-0.25, -0.2) is 0 Å². The molecule has 18 heavy (non-hydrogen) atoms. The van der Waals surface area contributed by atoms with Crippen LogP contribution in [0.1, 0.15) is 15.9 Å². The third-order valence-electron chi connectivity index (χ3n) is 2.40. The van der Waals surface area contributed by atoms with E-state index in [1.54, 1.807) is 55.9 Å². The van der Waals surface area contributed by atoms with Crippen LogP contribution in [0.4, 0.5) is 0 Å². The van der Waals surface area contributed by atoms with Crippen LogP contribution in [-0.4, -0.2) is 24.7 Å². The van der Waals surface area contributed by atoms with E-state index in [9.17, 15) is 4.79 Å². The molecule has 92 valence electrons. The molecule has 0 spiro atoms. The van der Waals surface area contributed by atoms with Gasteiger partial charge in [-0.1, -0.05) is 0 Å². The second-order valence-electron chi connectivity index (χ2n) is 3.64. The van der Waals surface area contributed by atoms with E-state index in [4.69, 9.17) is 9.47 Å². The highest BCUT2D eigenvalue weighted by atomic mass is 16.7. The fourth-order valence-electron chi connectivity index (χ4n) is 1.50. The Morgan fingerprint density at radius 3 is 2.28 bits per heavy atom. The molecule has 0 unspecified atom stereocenters. The normalized spacial score (nSPS) is 10.1. The van der Waals surface area contributed by atoms with Gasteiger partial charge in [0.2, 0.25) is 0 Å². The molecule has 2 aromatic rings. The lowest BCUT2D eigenvalue weighted by Crippen LogP contribution is -2.02. The highest BCUT2D eigenvalue weighted by Gasteiger charge is 2.08. The SMILES string of the molecule is COCOc1ccc(C(=O)c2ccncc2)cc1. The van der Waals surface area contributed by atoms with Gasteiger partial charge in [-0.15, -0.1) is 0 Å². The van der Waals surface area contributed by atoms with Crippen molar-refractivity contribution in [2.45, 2.75) is 0 Å². The molecule has 4 nitrogen and oxygen atoms in total. The first-order valence-electron chi connectivity index (χ1n) is 5.48. The first-order chi connectivity index (χ1) is 8.81. The number of methoxy groups -OCH3 is 1. The van der Waals surface area contributed by atoms with E-state index in [-0.39, 0.29) is 12.6 Å². The smallest absolute Gasteiger partial charge is 0.193 e. The van der Waals surface area contributed by atoms with E-state index < -0.39 is 0 Å². The fourth-order valence-corrected chi connectivity index (χ4v) is 1.50. The van der Waals surface area contributed by atoms with Gasteiger partial charge in [0.1, 0.15) is 5.75 Å². The van der Waals surface area contributed by atoms with Crippen molar-refractivity contribution < 1.29 is 14.3 Å². The Bertz CT molecular complexity index is 508. The number of hydrogen-bond donors (Lipinski definition) is 0. The molecule has 1 aromatic heterocycles. The Kier molecular flexibility index (Phi) is 4.04. The van der Waals surface area contributed by atoms with Gasteiger partial charge >= 0.3 is 0 Å². The zero-order valence-corrected chi connectivity index (χ0v) is 10.00. The molecular weight excluding hydrogens is 230 g/mol. The molecule has 0 atom stereocenters. The Hall–Kier alpha value is -2.20. The summed E-state index contributed by atoms with van der Waals surface area (Å²) in [6, 6.07) is 10.3. The number of rotatable bonds is 5. The minimum absolute atomic E-state index is 0.0318. The first-order valence-corrected chi connectivity index (χ1v) is 5.48. The van der Waals surface area contributed by atoms with Crippen molar-refractivity contribution in [1.82, 2.24) is 4.98 Å². The second-order valence-corrected chi connectivity index (χ2v) is 3.64. The molecule has 0 amide bonds. The minimum Gasteiger partial charge on any atom is -0.468 e. The van der Waals surface area contributed by atoms with Crippen LogP contribution in [0.15, 0.2) is 48.8 Å². The number of benzene rings is 1. The molecule has 0 aliphatic carbocycles. The Labute approximate surface area is 105 Å². The van der Waals surface area contributed by atoms with Crippen LogP contribution in [0.5, 0.6) is 5.75 Å². The molecule has 0 bridgehead atoms. The van der Waals surface area contributed by atoms with Gasteiger partial charge in [-0.2, -0.15) is 0 Å². The summed E-state index contributed by atoms with van der Waals surface area (Å²) in [6.45, 7) is 0.192. The summed E-state index contributed by atoms with van der Waals surface area (Å²) in [6.07, 6.45) is 3.20. The number of ketones is 1. The quantitative estimate of drug-likeness (QED) is 0.597. The molecule has 0 N–H and O–H groups in total. The second kappa shape index (κ2) is 5.93. The maximum Gasteiger partial charge on any atom is 0.193 e. The van der Waals surface area contributed by atoms with Crippen LogP contribution in [0.3, 0.4) is 0 Å². The molecule has 1 heterocycles. The van der Waals surface area contributed by atoms with Crippen LogP contribution in [-0.2, 0) is 4.74 Å². The average molecular weight is 243 g/mol. The summed E-state index contributed by atoms with van der Waals surface area (Å²) >= 11 is 0. The molecule has 0 saturated heterocycles. The van der Waals surface area contributed by atoms with E-state index >= 15 is 0 Å². The van der Waals surface area contributed by atoms with Crippen LogP contribution < -0.4 is 4.74 Å². The monoisotopic (exact) mass is 243 g/mol. The lowest BCUT2D eigenvalue weighted by atomic mass is 10.0. The van der Waals surface area contributed by atoms with Crippen LogP contribution >= 0.6 is 0 Å². The molecule has 4 heteroatoms. The van der Waals surface area contributed by atoms with Crippen LogP contribution in [0, 0.1) is 0 Å². The molecule has 2 rings (SSSR count). The van der Waals surface area contributed by atoms with Crippen molar-refractivity contribution in [2.75, 3.05) is 13.9 Å². The van der Waals surface area contributed by atoms with Crippen molar-refractivity contribution >= 4 is 5.78 Å².